The Bertz CT molecular complexity index is 668. The van der Waals surface area contributed by atoms with Gasteiger partial charge in [0.1, 0.15) is 5.75 Å². The zero-order chi connectivity index (χ0) is 16.9. The number of nitrogens with one attached hydrogen (secondary N) is 1. The fourth-order valence-electron chi connectivity index (χ4n) is 2.03. The van der Waals surface area contributed by atoms with Crippen molar-refractivity contribution in [2.45, 2.75) is 26.1 Å². The minimum atomic E-state index is -1.02. The van der Waals surface area contributed by atoms with E-state index in [1.165, 1.54) is 0 Å². The molecule has 2 rings (SSSR count). The van der Waals surface area contributed by atoms with Crippen molar-refractivity contribution in [1.29, 1.82) is 0 Å². The van der Waals surface area contributed by atoms with Gasteiger partial charge in [0, 0.05) is 17.8 Å². The third kappa shape index (κ3) is 4.98. The molecule has 122 valence electrons. The summed E-state index contributed by atoms with van der Waals surface area (Å²) in [6.45, 7) is 3.93. The van der Waals surface area contributed by atoms with E-state index in [0.717, 1.165) is 5.56 Å². The Labute approximate surface area is 141 Å². The van der Waals surface area contributed by atoms with Gasteiger partial charge in [-0.2, -0.15) is 0 Å². The molecule has 0 atom stereocenters. The smallest absolute Gasteiger partial charge is 0.267 e. The van der Waals surface area contributed by atoms with E-state index in [-0.39, 0.29) is 5.91 Å². The van der Waals surface area contributed by atoms with E-state index in [9.17, 15) is 4.79 Å². The van der Waals surface area contributed by atoms with E-state index in [1.807, 2.05) is 24.3 Å². The van der Waals surface area contributed by atoms with Crippen LogP contribution in [0.25, 0.3) is 0 Å². The van der Waals surface area contributed by atoms with Crippen molar-refractivity contribution in [3.8, 4) is 5.75 Å². The third-order valence-corrected chi connectivity index (χ3v) is 3.48. The molecule has 0 saturated heterocycles. The van der Waals surface area contributed by atoms with Gasteiger partial charge in [0.2, 0.25) is 0 Å². The van der Waals surface area contributed by atoms with Gasteiger partial charge in [-0.05, 0) is 55.8 Å². The zero-order valence-corrected chi connectivity index (χ0v) is 14.2. The van der Waals surface area contributed by atoms with Gasteiger partial charge in [0.05, 0.1) is 6.61 Å². The second-order valence-electron chi connectivity index (χ2n) is 5.65. The highest BCUT2D eigenvalue weighted by atomic mass is 35.5. The number of amides is 1. The van der Waals surface area contributed by atoms with Crippen LogP contribution in [-0.2, 0) is 16.1 Å². The Morgan fingerprint density at radius 2 is 1.87 bits per heavy atom. The van der Waals surface area contributed by atoms with Gasteiger partial charge in [-0.25, -0.2) is 0 Å². The first-order chi connectivity index (χ1) is 10.9. The summed E-state index contributed by atoms with van der Waals surface area (Å²) in [6, 6.07) is 14.4. The van der Waals surface area contributed by atoms with Crippen LogP contribution in [0.3, 0.4) is 0 Å². The predicted molar refractivity (Wildman–Crippen MR) is 91.9 cm³/mol. The van der Waals surface area contributed by atoms with E-state index in [0.29, 0.717) is 23.1 Å². The standard InChI is InChI=1S/C18H20ClNO3/c1-18(2,23-16-9-7-14(19)8-10-16)17(21)20-15-6-4-5-13(11-15)12-22-3/h4-11H,12H2,1-3H3,(H,20,21). The summed E-state index contributed by atoms with van der Waals surface area (Å²) in [5.74, 6) is 0.352. The number of benzene rings is 2. The van der Waals surface area contributed by atoms with Crippen molar-refractivity contribution >= 4 is 23.2 Å². The Kier molecular flexibility index (Phi) is 5.64. The molecule has 4 nitrogen and oxygen atoms in total. The van der Waals surface area contributed by atoms with Gasteiger partial charge in [-0.15, -0.1) is 0 Å². The van der Waals surface area contributed by atoms with Crippen LogP contribution in [0, 0.1) is 0 Å². The monoisotopic (exact) mass is 333 g/mol. The van der Waals surface area contributed by atoms with Crippen molar-refractivity contribution in [3.63, 3.8) is 0 Å². The molecule has 0 fully saturated rings. The van der Waals surface area contributed by atoms with E-state index in [2.05, 4.69) is 5.32 Å². The van der Waals surface area contributed by atoms with Crippen molar-refractivity contribution in [1.82, 2.24) is 0 Å². The quantitative estimate of drug-likeness (QED) is 0.858. The number of hydrogen-bond donors (Lipinski definition) is 1. The summed E-state index contributed by atoms with van der Waals surface area (Å²) >= 11 is 5.85. The van der Waals surface area contributed by atoms with Crippen LogP contribution in [-0.4, -0.2) is 18.6 Å². The highest BCUT2D eigenvalue weighted by Crippen LogP contribution is 2.22. The molecule has 2 aromatic carbocycles. The maximum Gasteiger partial charge on any atom is 0.267 e. The van der Waals surface area contributed by atoms with Gasteiger partial charge < -0.3 is 14.8 Å². The second-order valence-corrected chi connectivity index (χ2v) is 6.09. The van der Waals surface area contributed by atoms with E-state index >= 15 is 0 Å². The van der Waals surface area contributed by atoms with Gasteiger partial charge in [-0.3, -0.25) is 4.79 Å². The van der Waals surface area contributed by atoms with Crippen LogP contribution in [0.2, 0.25) is 5.02 Å². The molecule has 23 heavy (non-hydrogen) atoms. The minimum absolute atomic E-state index is 0.234. The molecule has 0 radical (unpaired) electrons. The molecule has 0 aliphatic carbocycles. The normalized spacial score (nSPS) is 11.1. The van der Waals surface area contributed by atoms with Gasteiger partial charge in [0.15, 0.2) is 5.60 Å². The van der Waals surface area contributed by atoms with Gasteiger partial charge in [-0.1, -0.05) is 23.7 Å². The summed E-state index contributed by atoms with van der Waals surface area (Å²) in [5, 5.41) is 3.49. The van der Waals surface area contributed by atoms with Crippen LogP contribution >= 0.6 is 11.6 Å². The number of hydrogen-bond acceptors (Lipinski definition) is 3. The van der Waals surface area contributed by atoms with Crippen LogP contribution in [0.5, 0.6) is 5.75 Å². The van der Waals surface area contributed by atoms with E-state index < -0.39 is 5.60 Å². The molecule has 2 aromatic rings. The number of methoxy groups -OCH3 is 1. The summed E-state index contributed by atoms with van der Waals surface area (Å²) < 4.78 is 10.9. The second kappa shape index (κ2) is 7.49. The highest BCUT2D eigenvalue weighted by molar-refractivity contribution is 6.30. The minimum Gasteiger partial charge on any atom is -0.478 e. The van der Waals surface area contributed by atoms with E-state index in [4.69, 9.17) is 21.1 Å². The Morgan fingerprint density at radius 3 is 2.52 bits per heavy atom. The number of ether oxygens (including phenoxy) is 2. The molecule has 0 bridgehead atoms. The lowest BCUT2D eigenvalue weighted by atomic mass is 10.1. The molecule has 0 aliphatic rings. The molecular weight excluding hydrogens is 314 g/mol. The van der Waals surface area contributed by atoms with Crippen LogP contribution in [0.1, 0.15) is 19.4 Å². The number of carbonyl (C=O) groups excluding carboxylic acids is 1. The zero-order valence-electron chi connectivity index (χ0n) is 13.4. The van der Waals surface area contributed by atoms with Crippen LogP contribution < -0.4 is 10.1 Å². The van der Waals surface area contributed by atoms with Crippen molar-refractivity contribution in [3.05, 3.63) is 59.1 Å². The van der Waals surface area contributed by atoms with Gasteiger partial charge in [0.25, 0.3) is 5.91 Å². The highest BCUT2D eigenvalue weighted by Gasteiger charge is 2.30. The largest absolute Gasteiger partial charge is 0.478 e. The SMILES string of the molecule is COCc1cccc(NC(=O)C(C)(C)Oc2ccc(Cl)cc2)c1. The summed E-state index contributed by atoms with van der Waals surface area (Å²) in [5.41, 5.74) is 0.671. The van der Waals surface area contributed by atoms with Crippen LogP contribution in [0.4, 0.5) is 5.69 Å². The molecule has 0 unspecified atom stereocenters. The average molecular weight is 334 g/mol. The lowest BCUT2D eigenvalue weighted by Crippen LogP contribution is -2.42. The fraction of sp³-hybridized carbons (Fsp3) is 0.278. The van der Waals surface area contributed by atoms with Gasteiger partial charge >= 0.3 is 0 Å². The molecule has 1 N–H and O–H groups in total. The number of anilines is 1. The Hall–Kier alpha value is -2.04. The first kappa shape index (κ1) is 17.3. The predicted octanol–water partition coefficient (Wildman–Crippen LogP) is 4.28. The Balaban J connectivity index is 2.05. The molecule has 0 aliphatic heterocycles. The maximum atomic E-state index is 12.5. The number of carbonyl (C=O) groups is 1. The molecule has 0 saturated carbocycles. The lowest BCUT2D eigenvalue weighted by molar-refractivity contribution is -0.128. The molecule has 1 amide bonds. The van der Waals surface area contributed by atoms with Crippen molar-refractivity contribution in [2.24, 2.45) is 0 Å². The average Bonchev–Trinajstić information content (AvgIpc) is 2.50. The Morgan fingerprint density at radius 1 is 1.17 bits per heavy atom. The molecule has 0 spiro atoms. The molecule has 0 aromatic heterocycles. The third-order valence-electron chi connectivity index (χ3n) is 3.23. The van der Waals surface area contributed by atoms with Crippen molar-refractivity contribution < 1.29 is 14.3 Å². The lowest BCUT2D eigenvalue weighted by Gasteiger charge is -2.25. The van der Waals surface area contributed by atoms with Crippen molar-refractivity contribution in [2.75, 3.05) is 12.4 Å². The summed E-state index contributed by atoms with van der Waals surface area (Å²) in [7, 11) is 1.63. The molecule has 0 heterocycles. The fourth-order valence-corrected chi connectivity index (χ4v) is 2.16. The molecular formula is C18H20ClNO3. The summed E-state index contributed by atoms with van der Waals surface area (Å²) in [4.78, 5) is 12.5. The summed E-state index contributed by atoms with van der Waals surface area (Å²) in [6.07, 6.45) is 0. The maximum absolute atomic E-state index is 12.5. The first-order valence-corrected chi connectivity index (χ1v) is 7.62. The topological polar surface area (TPSA) is 47.6 Å². The first-order valence-electron chi connectivity index (χ1n) is 7.24. The van der Waals surface area contributed by atoms with E-state index in [1.54, 1.807) is 45.2 Å². The molecule has 5 heteroatoms. The van der Waals surface area contributed by atoms with Crippen LogP contribution in [0.15, 0.2) is 48.5 Å². The number of halogens is 1. The number of rotatable bonds is 6.